The van der Waals surface area contributed by atoms with Gasteiger partial charge in [-0.15, -0.1) is 0 Å². The SMILES string of the molecule is CN(C)C(=O)c1c(N)ccc(-c2cnc3c(c2)C2(CCC2)CN3)c1F. The molecule has 5 nitrogen and oxygen atoms in total. The quantitative estimate of drug-likeness (QED) is 0.825. The second kappa shape index (κ2) is 5.44. The number of hydrogen-bond acceptors (Lipinski definition) is 4. The molecule has 1 aromatic heterocycles. The molecule has 1 spiro atoms. The van der Waals surface area contributed by atoms with Crippen molar-refractivity contribution in [1.29, 1.82) is 0 Å². The van der Waals surface area contributed by atoms with Crippen molar-refractivity contribution in [2.75, 3.05) is 31.7 Å². The van der Waals surface area contributed by atoms with Gasteiger partial charge in [0.25, 0.3) is 5.91 Å². The average molecular weight is 340 g/mol. The van der Waals surface area contributed by atoms with Crippen LogP contribution in [0.4, 0.5) is 15.9 Å². The van der Waals surface area contributed by atoms with Gasteiger partial charge >= 0.3 is 0 Å². The van der Waals surface area contributed by atoms with Crippen LogP contribution in [-0.2, 0) is 5.41 Å². The highest BCUT2D eigenvalue weighted by Gasteiger charge is 2.44. The molecule has 1 aromatic carbocycles. The van der Waals surface area contributed by atoms with Gasteiger partial charge in [-0.25, -0.2) is 9.37 Å². The van der Waals surface area contributed by atoms with Crippen molar-refractivity contribution in [3.63, 3.8) is 0 Å². The van der Waals surface area contributed by atoms with Crippen molar-refractivity contribution in [3.05, 3.63) is 41.3 Å². The lowest BCUT2D eigenvalue weighted by Crippen LogP contribution is -2.35. The minimum atomic E-state index is -0.589. The van der Waals surface area contributed by atoms with E-state index in [9.17, 15) is 4.79 Å². The Bertz CT molecular complexity index is 874. The summed E-state index contributed by atoms with van der Waals surface area (Å²) in [7, 11) is 3.16. The van der Waals surface area contributed by atoms with Gasteiger partial charge in [0.05, 0.1) is 5.56 Å². The monoisotopic (exact) mass is 340 g/mol. The van der Waals surface area contributed by atoms with Crippen LogP contribution in [0.2, 0.25) is 0 Å². The molecule has 3 N–H and O–H groups in total. The van der Waals surface area contributed by atoms with Crippen LogP contribution in [0.1, 0.15) is 35.2 Å². The van der Waals surface area contributed by atoms with E-state index in [4.69, 9.17) is 5.73 Å². The van der Waals surface area contributed by atoms with E-state index in [-0.39, 0.29) is 16.7 Å². The summed E-state index contributed by atoms with van der Waals surface area (Å²) in [6.07, 6.45) is 5.13. The number of nitrogens with two attached hydrogens (primary N) is 1. The number of nitrogens with zero attached hydrogens (tertiary/aromatic N) is 2. The maximum absolute atomic E-state index is 15.1. The zero-order valence-electron chi connectivity index (χ0n) is 14.4. The van der Waals surface area contributed by atoms with Crippen molar-refractivity contribution < 1.29 is 9.18 Å². The first-order valence-electron chi connectivity index (χ1n) is 8.47. The molecule has 2 heterocycles. The number of aromatic nitrogens is 1. The Morgan fingerprint density at radius 2 is 2.12 bits per heavy atom. The van der Waals surface area contributed by atoms with Crippen LogP contribution in [0.25, 0.3) is 11.1 Å². The van der Waals surface area contributed by atoms with Gasteiger partial charge in [-0.3, -0.25) is 4.79 Å². The fourth-order valence-corrected chi connectivity index (χ4v) is 3.81. The first-order valence-corrected chi connectivity index (χ1v) is 8.47. The molecule has 1 aliphatic heterocycles. The van der Waals surface area contributed by atoms with E-state index in [1.165, 1.54) is 11.3 Å². The number of halogens is 1. The normalized spacial score (nSPS) is 16.9. The third-order valence-corrected chi connectivity index (χ3v) is 5.47. The number of amides is 1. The summed E-state index contributed by atoms with van der Waals surface area (Å²) in [6.45, 7) is 0.896. The molecule has 0 radical (unpaired) electrons. The van der Waals surface area contributed by atoms with E-state index in [0.717, 1.165) is 30.8 Å². The number of benzene rings is 1. The number of anilines is 2. The van der Waals surface area contributed by atoms with Gasteiger partial charge in [-0.1, -0.05) is 6.42 Å². The number of pyridine rings is 1. The predicted octanol–water partition coefficient (Wildman–Crippen LogP) is 3.02. The number of carbonyl (C=O) groups is 1. The zero-order valence-corrected chi connectivity index (χ0v) is 14.4. The Kier molecular flexibility index (Phi) is 3.45. The van der Waals surface area contributed by atoms with Gasteiger partial charge in [-0.2, -0.15) is 0 Å². The lowest BCUT2D eigenvalue weighted by atomic mass is 9.66. The van der Waals surface area contributed by atoms with Gasteiger partial charge < -0.3 is 16.0 Å². The van der Waals surface area contributed by atoms with Crippen molar-refractivity contribution in [1.82, 2.24) is 9.88 Å². The molecule has 2 aliphatic rings. The Morgan fingerprint density at radius 3 is 2.76 bits per heavy atom. The largest absolute Gasteiger partial charge is 0.398 e. The fourth-order valence-electron chi connectivity index (χ4n) is 3.81. The maximum Gasteiger partial charge on any atom is 0.258 e. The molecular weight excluding hydrogens is 319 g/mol. The smallest absolute Gasteiger partial charge is 0.258 e. The van der Waals surface area contributed by atoms with Crippen LogP contribution in [0, 0.1) is 5.82 Å². The highest BCUT2D eigenvalue weighted by molar-refractivity contribution is 6.00. The lowest BCUT2D eigenvalue weighted by Gasteiger charge is -2.38. The van der Waals surface area contributed by atoms with Crippen LogP contribution in [-0.4, -0.2) is 36.4 Å². The first-order chi connectivity index (χ1) is 11.9. The number of fused-ring (bicyclic) bond motifs is 2. The number of nitrogens with one attached hydrogen (secondary N) is 1. The van der Waals surface area contributed by atoms with E-state index in [1.54, 1.807) is 32.4 Å². The summed E-state index contributed by atoms with van der Waals surface area (Å²) in [5.74, 6) is -0.138. The van der Waals surface area contributed by atoms with Gasteiger partial charge in [0.2, 0.25) is 0 Å². The molecular formula is C19H21FN4O. The number of hydrogen-bond donors (Lipinski definition) is 2. The summed E-state index contributed by atoms with van der Waals surface area (Å²) in [5, 5.41) is 3.35. The average Bonchev–Trinajstić information content (AvgIpc) is 2.93. The van der Waals surface area contributed by atoms with Gasteiger partial charge in [0.1, 0.15) is 11.6 Å². The van der Waals surface area contributed by atoms with Crippen LogP contribution < -0.4 is 11.1 Å². The van der Waals surface area contributed by atoms with E-state index in [0.29, 0.717) is 11.1 Å². The topological polar surface area (TPSA) is 71.2 Å². The molecule has 6 heteroatoms. The van der Waals surface area contributed by atoms with Crippen molar-refractivity contribution in [2.45, 2.75) is 24.7 Å². The summed E-state index contributed by atoms with van der Waals surface area (Å²) >= 11 is 0. The molecule has 2 aromatic rings. The van der Waals surface area contributed by atoms with E-state index >= 15 is 4.39 Å². The fraction of sp³-hybridized carbons (Fsp3) is 0.368. The van der Waals surface area contributed by atoms with Crippen molar-refractivity contribution >= 4 is 17.4 Å². The number of nitrogen functional groups attached to an aromatic ring is 1. The van der Waals surface area contributed by atoms with Crippen molar-refractivity contribution in [3.8, 4) is 11.1 Å². The molecule has 0 saturated heterocycles. The van der Waals surface area contributed by atoms with Crippen LogP contribution in [0.15, 0.2) is 24.4 Å². The molecule has 1 aliphatic carbocycles. The first kappa shape index (κ1) is 15.9. The van der Waals surface area contributed by atoms with E-state index < -0.39 is 11.7 Å². The molecule has 130 valence electrons. The van der Waals surface area contributed by atoms with Gasteiger partial charge in [0.15, 0.2) is 0 Å². The molecule has 0 bridgehead atoms. The third-order valence-electron chi connectivity index (χ3n) is 5.47. The number of carbonyl (C=O) groups excluding carboxylic acids is 1. The van der Waals surface area contributed by atoms with Gasteiger partial charge in [-0.05, 0) is 31.0 Å². The maximum atomic E-state index is 15.1. The Balaban J connectivity index is 1.83. The molecule has 25 heavy (non-hydrogen) atoms. The molecule has 0 atom stereocenters. The zero-order chi connectivity index (χ0) is 17.8. The lowest BCUT2D eigenvalue weighted by molar-refractivity contribution is 0.0824. The molecule has 0 unspecified atom stereocenters. The van der Waals surface area contributed by atoms with Crippen LogP contribution >= 0.6 is 0 Å². The molecule has 1 saturated carbocycles. The number of rotatable bonds is 2. The minimum absolute atomic E-state index is 0.0838. The van der Waals surface area contributed by atoms with E-state index in [1.807, 2.05) is 6.07 Å². The molecule has 1 fully saturated rings. The van der Waals surface area contributed by atoms with Crippen LogP contribution in [0.3, 0.4) is 0 Å². The highest BCUT2D eigenvalue weighted by Crippen LogP contribution is 2.50. The Morgan fingerprint density at radius 1 is 1.36 bits per heavy atom. The standard InChI is InChI=1S/C19H21FN4O/c1-24(2)18(25)15-14(21)5-4-12(16(15)20)11-8-13-17(22-9-11)23-10-19(13)6-3-7-19/h4-5,8-9H,3,6-7,10,21H2,1-2H3,(H,22,23). The third kappa shape index (κ3) is 2.27. The Hall–Kier alpha value is -2.63. The predicted molar refractivity (Wildman–Crippen MR) is 96.1 cm³/mol. The summed E-state index contributed by atoms with van der Waals surface area (Å²) in [4.78, 5) is 18.1. The second-order valence-corrected chi connectivity index (χ2v) is 7.20. The summed E-state index contributed by atoms with van der Waals surface area (Å²) in [5.41, 5.74) is 8.26. The highest BCUT2D eigenvalue weighted by atomic mass is 19.1. The van der Waals surface area contributed by atoms with Crippen molar-refractivity contribution in [2.24, 2.45) is 0 Å². The van der Waals surface area contributed by atoms with Gasteiger partial charge in [0, 0.05) is 54.6 Å². The van der Waals surface area contributed by atoms with Crippen LogP contribution in [0.5, 0.6) is 0 Å². The Labute approximate surface area is 146 Å². The summed E-state index contributed by atoms with van der Waals surface area (Å²) < 4.78 is 15.1. The molecule has 4 rings (SSSR count). The minimum Gasteiger partial charge on any atom is -0.398 e. The van der Waals surface area contributed by atoms with E-state index in [2.05, 4.69) is 10.3 Å². The molecule has 1 amide bonds. The second-order valence-electron chi connectivity index (χ2n) is 7.20. The summed E-state index contributed by atoms with van der Waals surface area (Å²) in [6, 6.07) is 5.22.